The summed E-state index contributed by atoms with van der Waals surface area (Å²) in [6, 6.07) is 1.31. The first-order valence-electron chi connectivity index (χ1n) is 11.0. The van der Waals surface area contributed by atoms with Gasteiger partial charge in [-0.2, -0.15) is 0 Å². The fourth-order valence-corrected chi connectivity index (χ4v) is 4.40. The topological polar surface area (TPSA) is 154 Å². The molecule has 3 heterocycles. The number of benzene rings is 1. The van der Waals surface area contributed by atoms with Crippen LogP contribution < -0.4 is 20.4 Å². The Labute approximate surface area is 212 Å². The van der Waals surface area contributed by atoms with E-state index >= 15 is 8.78 Å². The molecule has 2 aliphatic rings. The number of urea groups is 1. The number of anilines is 3. The number of hydrogen-bond acceptors (Lipinski definition) is 9. The van der Waals surface area contributed by atoms with E-state index in [1.165, 1.54) is 17.2 Å². The zero-order valence-corrected chi connectivity index (χ0v) is 20.2. The molecule has 2 aliphatic heterocycles. The van der Waals surface area contributed by atoms with Crippen molar-refractivity contribution in [2.45, 2.75) is 13.0 Å². The number of hydrogen-bond donors (Lipinski definition) is 3. The Morgan fingerprint density at radius 1 is 1.22 bits per heavy atom. The number of nitrogens with one attached hydrogen (secondary N) is 2. The fourth-order valence-electron chi connectivity index (χ4n) is 3.72. The first kappa shape index (κ1) is 26.0. The van der Waals surface area contributed by atoms with Crippen molar-refractivity contribution < 1.29 is 42.6 Å². The number of hydroxylamine groups is 2. The second-order valence-corrected chi connectivity index (χ2v) is 8.87. The van der Waals surface area contributed by atoms with Gasteiger partial charge in [-0.1, -0.05) is 0 Å². The van der Waals surface area contributed by atoms with Gasteiger partial charge in [0, 0.05) is 37.5 Å². The molecule has 198 valence electrons. The number of carbonyl (C=O) groups excluding carboxylic acids is 3. The minimum absolute atomic E-state index is 0.00597. The van der Waals surface area contributed by atoms with E-state index in [-0.39, 0.29) is 67.4 Å². The van der Waals surface area contributed by atoms with E-state index < -0.39 is 35.8 Å². The number of rotatable bonds is 6. The van der Waals surface area contributed by atoms with Crippen LogP contribution in [0.3, 0.4) is 0 Å². The molecule has 37 heavy (non-hydrogen) atoms. The summed E-state index contributed by atoms with van der Waals surface area (Å²) in [5.41, 5.74) is -0.601. The number of carboxylic acids is 1. The number of carboxylic acid groups (broad SMARTS) is 1. The average Bonchev–Trinajstić information content (AvgIpc) is 3.37. The second-order valence-electron chi connectivity index (χ2n) is 8.01. The quantitative estimate of drug-likeness (QED) is 0.498. The summed E-state index contributed by atoms with van der Waals surface area (Å²) in [4.78, 5) is 58.3. The Morgan fingerprint density at radius 3 is 2.59 bits per heavy atom. The van der Waals surface area contributed by atoms with Crippen LogP contribution in [0.5, 0.6) is 0 Å². The van der Waals surface area contributed by atoms with Gasteiger partial charge in [0.15, 0.2) is 22.5 Å². The number of amides is 4. The van der Waals surface area contributed by atoms with E-state index in [1.807, 2.05) is 0 Å². The highest BCUT2D eigenvalue weighted by Crippen LogP contribution is 2.31. The summed E-state index contributed by atoms with van der Waals surface area (Å²) in [7, 11) is 0. The number of carbonyl (C=O) groups is 4. The van der Waals surface area contributed by atoms with Gasteiger partial charge in [-0.3, -0.25) is 19.8 Å². The molecule has 1 aromatic heterocycles. The summed E-state index contributed by atoms with van der Waals surface area (Å²) >= 11 is 0.922. The van der Waals surface area contributed by atoms with Gasteiger partial charge >= 0.3 is 18.1 Å². The number of nitrogens with zero attached hydrogens (tertiary/aromatic N) is 4. The molecule has 0 aliphatic carbocycles. The summed E-state index contributed by atoms with van der Waals surface area (Å²) in [6.07, 6.45) is -1.45. The van der Waals surface area contributed by atoms with E-state index in [0.717, 1.165) is 33.4 Å². The first-order valence-corrected chi connectivity index (χ1v) is 11.9. The van der Waals surface area contributed by atoms with E-state index in [1.54, 1.807) is 0 Å². The van der Waals surface area contributed by atoms with Crippen LogP contribution in [0.1, 0.15) is 17.4 Å². The third-order valence-corrected chi connectivity index (χ3v) is 6.19. The maximum atomic E-state index is 15.1. The van der Waals surface area contributed by atoms with Gasteiger partial charge in [-0.25, -0.2) is 33.2 Å². The van der Waals surface area contributed by atoms with Gasteiger partial charge in [-0.05, 0) is 0 Å². The molecule has 1 aromatic carbocycles. The lowest BCUT2D eigenvalue weighted by Gasteiger charge is -2.24. The molecule has 16 heteroatoms. The van der Waals surface area contributed by atoms with Crippen LogP contribution in [0, 0.1) is 11.6 Å². The van der Waals surface area contributed by atoms with Gasteiger partial charge in [0.05, 0.1) is 31.9 Å². The molecule has 0 radical (unpaired) electrons. The summed E-state index contributed by atoms with van der Waals surface area (Å²) in [5, 5.41) is 16.2. The van der Waals surface area contributed by atoms with E-state index in [9.17, 15) is 19.2 Å². The van der Waals surface area contributed by atoms with E-state index in [4.69, 9.17) is 14.7 Å². The molecule has 2 aromatic rings. The first-order chi connectivity index (χ1) is 17.6. The third kappa shape index (κ3) is 6.03. The third-order valence-electron chi connectivity index (χ3n) is 5.43. The fraction of sp³-hybridized carbons (Fsp3) is 0.381. The van der Waals surface area contributed by atoms with Gasteiger partial charge < -0.3 is 20.1 Å². The van der Waals surface area contributed by atoms with Gasteiger partial charge in [0.1, 0.15) is 11.8 Å². The summed E-state index contributed by atoms with van der Waals surface area (Å²) in [5.74, 6) is -3.38. The highest BCUT2D eigenvalue weighted by Gasteiger charge is 2.34. The Kier molecular flexibility index (Phi) is 7.68. The predicted octanol–water partition coefficient (Wildman–Crippen LogP) is 1.87. The van der Waals surface area contributed by atoms with Crippen molar-refractivity contribution in [1.82, 2.24) is 15.4 Å². The molecule has 0 unspecified atom stereocenters. The Balaban J connectivity index is 1.40. The second kappa shape index (κ2) is 10.9. The smallest absolute Gasteiger partial charge is 0.414 e. The van der Waals surface area contributed by atoms with Gasteiger partial charge in [0.25, 0.3) is 0 Å². The number of thiazole rings is 1. The van der Waals surface area contributed by atoms with Crippen molar-refractivity contribution in [2.24, 2.45) is 0 Å². The Morgan fingerprint density at radius 2 is 1.95 bits per heavy atom. The predicted molar refractivity (Wildman–Crippen MR) is 126 cm³/mol. The van der Waals surface area contributed by atoms with Crippen LogP contribution in [0.2, 0.25) is 0 Å². The average molecular weight is 541 g/mol. The standard InChI is InChI=1S/C21H22F2N6O7S/c1-11(30)24-8-13-9-28(21(34)36-13)12-6-14(22)17(15(23)7-12)27-2-3-29(35-5-4-27)20(33)26-19-25-16(10-37-19)18(31)32/h6-7,10,13H,2-5,8-9H2,1H3,(H,24,30)(H,31,32)(H,25,26,33)/t13-/m0/s1. The van der Waals surface area contributed by atoms with Crippen molar-refractivity contribution >= 4 is 51.8 Å². The molecule has 1 atom stereocenters. The van der Waals surface area contributed by atoms with Crippen LogP contribution in [0.4, 0.5) is 34.9 Å². The largest absolute Gasteiger partial charge is 0.476 e. The molecular weight excluding hydrogens is 518 g/mol. The van der Waals surface area contributed by atoms with Crippen molar-refractivity contribution in [3.05, 3.63) is 34.8 Å². The lowest BCUT2D eigenvalue weighted by Crippen LogP contribution is -2.37. The number of aromatic carboxylic acids is 1. The molecule has 0 bridgehead atoms. The van der Waals surface area contributed by atoms with E-state index in [0.29, 0.717) is 0 Å². The van der Waals surface area contributed by atoms with Gasteiger partial charge in [0.2, 0.25) is 5.91 Å². The molecule has 0 saturated carbocycles. The highest BCUT2D eigenvalue weighted by molar-refractivity contribution is 7.14. The van der Waals surface area contributed by atoms with Crippen LogP contribution in [0.25, 0.3) is 0 Å². The summed E-state index contributed by atoms with van der Waals surface area (Å²) < 4.78 is 35.3. The lowest BCUT2D eigenvalue weighted by molar-refractivity contribution is -0.119. The molecule has 0 spiro atoms. The molecule has 3 N–H and O–H groups in total. The molecule has 2 fully saturated rings. The maximum Gasteiger partial charge on any atom is 0.414 e. The zero-order chi connectivity index (χ0) is 26.7. The van der Waals surface area contributed by atoms with Gasteiger partial charge in [-0.15, -0.1) is 11.3 Å². The normalized spacial score (nSPS) is 17.9. The lowest BCUT2D eigenvalue weighted by atomic mass is 10.2. The highest BCUT2D eigenvalue weighted by atomic mass is 32.1. The molecule has 4 rings (SSSR count). The molecular formula is C21H22F2N6O7S. The van der Waals surface area contributed by atoms with Crippen LogP contribution in [-0.2, 0) is 14.4 Å². The molecule has 2 saturated heterocycles. The number of aromatic nitrogens is 1. The van der Waals surface area contributed by atoms with Crippen molar-refractivity contribution in [2.75, 3.05) is 54.4 Å². The zero-order valence-electron chi connectivity index (χ0n) is 19.4. The van der Waals surface area contributed by atoms with Crippen molar-refractivity contribution in [1.29, 1.82) is 0 Å². The minimum Gasteiger partial charge on any atom is -0.476 e. The number of halogens is 2. The summed E-state index contributed by atoms with van der Waals surface area (Å²) in [6.45, 7) is 1.33. The van der Waals surface area contributed by atoms with Crippen LogP contribution >= 0.6 is 11.3 Å². The van der Waals surface area contributed by atoms with E-state index in [2.05, 4.69) is 15.6 Å². The van der Waals surface area contributed by atoms with Crippen molar-refractivity contribution in [3.8, 4) is 0 Å². The number of ether oxygens (including phenoxy) is 1. The Bertz CT molecular complexity index is 1200. The minimum atomic E-state index is -1.24. The Hall–Kier alpha value is -4.05. The molecule has 4 amide bonds. The number of cyclic esters (lactones) is 1. The molecule has 13 nitrogen and oxygen atoms in total. The SMILES string of the molecule is CC(=O)NC[C@H]1CN(c2cc(F)c(N3CCON(C(=O)Nc4nc(C(=O)O)cs4)CC3)c(F)c2)C(=O)O1. The monoisotopic (exact) mass is 540 g/mol. The van der Waals surface area contributed by atoms with Crippen molar-refractivity contribution in [3.63, 3.8) is 0 Å². The maximum absolute atomic E-state index is 15.1. The van der Waals surface area contributed by atoms with Crippen LogP contribution in [-0.4, -0.2) is 84.6 Å². The van der Waals surface area contributed by atoms with Crippen LogP contribution in [0.15, 0.2) is 17.5 Å².